The van der Waals surface area contributed by atoms with Crippen molar-refractivity contribution >= 4 is 23.1 Å². The van der Waals surface area contributed by atoms with Gasteiger partial charge in [0.25, 0.3) is 11.7 Å². The maximum atomic E-state index is 13.7. The topological polar surface area (TPSA) is 66.8 Å². The first-order valence-corrected chi connectivity index (χ1v) is 11.5. The summed E-state index contributed by atoms with van der Waals surface area (Å²) < 4.78 is 19.5. The molecule has 0 aliphatic carbocycles. The monoisotopic (exact) mass is 473 g/mol. The van der Waals surface area contributed by atoms with Crippen molar-refractivity contribution in [2.75, 3.05) is 11.5 Å². The molecule has 6 heteroatoms. The number of aliphatic hydroxyl groups excluding tert-OH is 1. The SMILES string of the molecule is Cc1ccc(N2C(=O)C(=O)/C(=C(\O)c3ccc(OCC(C)C)c(C)c3)C2c2ccc(F)cc2)cc1. The molecule has 5 nitrogen and oxygen atoms in total. The van der Waals surface area contributed by atoms with Gasteiger partial charge in [0.1, 0.15) is 17.3 Å². The molecule has 3 aromatic rings. The second-order valence-electron chi connectivity index (χ2n) is 9.24. The molecule has 0 radical (unpaired) electrons. The predicted molar refractivity (Wildman–Crippen MR) is 134 cm³/mol. The second kappa shape index (κ2) is 9.74. The summed E-state index contributed by atoms with van der Waals surface area (Å²) in [4.78, 5) is 27.8. The Morgan fingerprint density at radius 2 is 1.66 bits per heavy atom. The normalized spacial score (nSPS) is 17.3. The van der Waals surface area contributed by atoms with Crippen molar-refractivity contribution in [2.24, 2.45) is 5.92 Å². The third-order valence-electron chi connectivity index (χ3n) is 5.96. The van der Waals surface area contributed by atoms with Gasteiger partial charge >= 0.3 is 0 Å². The first-order chi connectivity index (χ1) is 16.7. The van der Waals surface area contributed by atoms with Gasteiger partial charge in [-0.1, -0.05) is 43.7 Å². The van der Waals surface area contributed by atoms with Gasteiger partial charge in [0.2, 0.25) is 0 Å². The summed E-state index contributed by atoms with van der Waals surface area (Å²) in [6.45, 7) is 8.44. The number of ether oxygens (including phenoxy) is 1. The largest absolute Gasteiger partial charge is 0.507 e. The molecular formula is C29H28FNO4. The van der Waals surface area contributed by atoms with Crippen molar-refractivity contribution in [3.8, 4) is 5.75 Å². The first kappa shape index (κ1) is 24.2. The third-order valence-corrected chi connectivity index (χ3v) is 5.96. The highest BCUT2D eigenvalue weighted by Crippen LogP contribution is 2.42. The summed E-state index contributed by atoms with van der Waals surface area (Å²) in [5.41, 5.74) is 3.17. The van der Waals surface area contributed by atoms with Crippen molar-refractivity contribution in [1.29, 1.82) is 0 Å². The zero-order valence-corrected chi connectivity index (χ0v) is 20.2. The van der Waals surface area contributed by atoms with Gasteiger partial charge in [-0.25, -0.2) is 4.39 Å². The number of nitrogens with zero attached hydrogens (tertiary/aromatic N) is 1. The van der Waals surface area contributed by atoms with Gasteiger partial charge in [-0.3, -0.25) is 14.5 Å². The number of hydrogen-bond donors (Lipinski definition) is 1. The Balaban J connectivity index is 1.84. The second-order valence-corrected chi connectivity index (χ2v) is 9.24. The molecule has 1 heterocycles. The summed E-state index contributed by atoms with van der Waals surface area (Å²) in [5.74, 6) is -1.23. The van der Waals surface area contributed by atoms with Crippen LogP contribution in [-0.4, -0.2) is 23.4 Å². The number of halogens is 1. The van der Waals surface area contributed by atoms with Crippen molar-refractivity contribution in [1.82, 2.24) is 0 Å². The Morgan fingerprint density at radius 1 is 1.00 bits per heavy atom. The Bertz CT molecular complexity index is 1290. The van der Waals surface area contributed by atoms with Gasteiger partial charge in [0, 0.05) is 11.3 Å². The van der Waals surface area contributed by atoms with Crippen LogP contribution in [-0.2, 0) is 9.59 Å². The van der Waals surface area contributed by atoms with Crippen LogP contribution < -0.4 is 9.64 Å². The van der Waals surface area contributed by atoms with E-state index in [1.54, 1.807) is 30.3 Å². The number of ketones is 1. The van der Waals surface area contributed by atoms with Crippen LogP contribution in [0.15, 0.2) is 72.3 Å². The van der Waals surface area contributed by atoms with E-state index in [-0.39, 0.29) is 11.3 Å². The fourth-order valence-electron chi connectivity index (χ4n) is 4.14. The highest BCUT2D eigenvalue weighted by atomic mass is 19.1. The van der Waals surface area contributed by atoms with E-state index in [1.807, 2.05) is 26.0 Å². The van der Waals surface area contributed by atoms with E-state index in [1.165, 1.54) is 29.2 Å². The highest BCUT2D eigenvalue weighted by molar-refractivity contribution is 6.51. The summed E-state index contributed by atoms with van der Waals surface area (Å²) in [6, 6.07) is 17.0. The quantitative estimate of drug-likeness (QED) is 0.267. The number of amides is 1. The molecule has 0 saturated carbocycles. The Morgan fingerprint density at radius 3 is 2.26 bits per heavy atom. The van der Waals surface area contributed by atoms with Crippen molar-refractivity contribution in [3.05, 3.63) is 100 Å². The molecule has 4 rings (SSSR count). The van der Waals surface area contributed by atoms with Crippen LogP contribution in [0, 0.1) is 25.6 Å². The number of hydrogen-bond acceptors (Lipinski definition) is 4. The van der Waals surface area contributed by atoms with Crippen LogP contribution in [0.3, 0.4) is 0 Å². The van der Waals surface area contributed by atoms with Gasteiger partial charge in [-0.2, -0.15) is 0 Å². The van der Waals surface area contributed by atoms with Crippen LogP contribution in [0.2, 0.25) is 0 Å². The molecule has 0 bridgehead atoms. The zero-order chi connectivity index (χ0) is 25.3. The molecule has 1 fully saturated rings. The molecule has 1 N–H and O–H groups in total. The molecule has 3 aromatic carbocycles. The number of carbonyl (C=O) groups is 2. The lowest BCUT2D eigenvalue weighted by Crippen LogP contribution is -2.29. The van der Waals surface area contributed by atoms with Gasteiger partial charge in [-0.05, 0) is 73.4 Å². The number of carbonyl (C=O) groups excluding carboxylic acids is 2. The van der Waals surface area contributed by atoms with Crippen LogP contribution in [0.5, 0.6) is 5.75 Å². The molecule has 1 atom stereocenters. The number of rotatable bonds is 6. The Kier molecular flexibility index (Phi) is 6.74. The maximum absolute atomic E-state index is 13.7. The lowest BCUT2D eigenvalue weighted by Gasteiger charge is -2.25. The number of aliphatic hydroxyl groups is 1. The van der Waals surface area contributed by atoms with Crippen molar-refractivity contribution < 1.29 is 23.8 Å². The molecule has 0 spiro atoms. The standard InChI is InChI=1S/C29H28FNO4/c1-17(2)16-35-24-14-9-21(15-19(24)4)27(32)25-26(20-7-10-22(30)11-8-20)31(29(34)28(25)33)23-12-5-18(3)6-13-23/h5-15,17,26,32H,16H2,1-4H3/b27-25-. The molecule has 1 unspecified atom stereocenters. The molecule has 1 aliphatic heterocycles. The summed E-state index contributed by atoms with van der Waals surface area (Å²) >= 11 is 0. The average Bonchev–Trinajstić information content (AvgIpc) is 3.09. The van der Waals surface area contributed by atoms with E-state index in [0.717, 1.165) is 11.1 Å². The minimum Gasteiger partial charge on any atom is -0.507 e. The molecule has 1 saturated heterocycles. The zero-order valence-electron chi connectivity index (χ0n) is 20.2. The minimum absolute atomic E-state index is 0.0440. The lowest BCUT2D eigenvalue weighted by molar-refractivity contribution is -0.132. The van der Waals surface area contributed by atoms with Crippen LogP contribution in [0.25, 0.3) is 5.76 Å². The van der Waals surface area contributed by atoms with Crippen LogP contribution in [0.1, 0.15) is 42.1 Å². The molecule has 1 amide bonds. The molecule has 35 heavy (non-hydrogen) atoms. The Labute approximate surface area is 204 Å². The molecule has 0 aromatic heterocycles. The summed E-state index contributed by atoms with van der Waals surface area (Å²) in [7, 11) is 0. The number of aryl methyl sites for hydroxylation is 2. The van der Waals surface area contributed by atoms with E-state index in [9.17, 15) is 19.1 Å². The minimum atomic E-state index is -0.907. The average molecular weight is 474 g/mol. The smallest absolute Gasteiger partial charge is 0.300 e. The van der Waals surface area contributed by atoms with E-state index in [0.29, 0.717) is 35.1 Å². The molecule has 1 aliphatic rings. The van der Waals surface area contributed by atoms with E-state index >= 15 is 0 Å². The number of benzene rings is 3. The van der Waals surface area contributed by atoms with Gasteiger partial charge < -0.3 is 9.84 Å². The Hall–Kier alpha value is -3.93. The van der Waals surface area contributed by atoms with E-state index in [2.05, 4.69) is 13.8 Å². The fourth-order valence-corrected chi connectivity index (χ4v) is 4.14. The first-order valence-electron chi connectivity index (χ1n) is 11.5. The number of anilines is 1. The van der Waals surface area contributed by atoms with Gasteiger partial charge in [0.15, 0.2) is 0 Å². The summed E-state index contributed by atoms with van der Waals surface area (Å²) in [6.07, 6.45) is 0. The predicted octanol–water partition coefficient (Wildman–Crippen LogP) is 6.10. The van der Waals surface area contributed by atoms with Gasteiger partial charge in [0.05, 0.1) is 18.2 Å². The molecule has 180 valence electrons. The van der Waals surface area contributed by atoms with E-state index < -0.39 is 23.5 Å². The number of Topliss-reactive ketones (excluding diaryl/α,β-unsaturated/α-hetero) is 1. The van der Waals surface area contributed by atoms with E-state index in [4.69, 9.17) is 4.74 Å². The fraction of sp³-hybridized carbons (Fsp3) is 0.241. The highest BCUT2D eigenvalue weighted by Gasteiger charge is 2.47. The lowest BCUT2D eigenvalue weighted by atomic mass is 9.94. The van der Waals surface area contributed by atoms with Crippen LogP contribution >= 0.6 is 0 Å². The van der Waals surface area contributed by atoms with Crippen LogP contribution in [0.4, 0.5) is 10.1 Å². The van der Waals surface area contributed by atoms with Gasteiger partial charge in [-0.15, -0.1) is 0 Å². The maximum Gasteiger partial charge on any atom is 0.300 e. The van der Waals surface area contributed by atoms with Crippen molar-refractivity contribution in [3.63, 3.8) is 0 Å². The van der Waals surface area contributed by atoms with Crippen molar-refractivity contribution in [2.45, 2.75) is 33.7 Å². The molecular weight excluding hydrogens is 445 g/mol. The summed E-state index contributed by atoms with van der Waals surface area (Å²) in [5, 5.41) is 11.3. The third kappa shape index (κ3) is 4.83.